The fourth-order valence-corrected chi connectivity index (χ4v) is 3.58. The van der Waals surface area contributed by atoms with Crippen molar-refractivity contribution in [1.29, 1.82) is 0 Å². The predicted octanol–water partition coefficient (Wildman–Crippen LogP) is 2.90. The molecule has 1 saturated heterocycles. The minimum Gasteiger partial charge on any atom is -0.309 e. The molecule has 0 radical (unpaired) electrons. The van der Waals surface area contributed by atoms with E-state index in [9.17, 15) is 0 Å². The summed E-state index contributed by atoms with van der Waals surface area (Å²) in [5, 5.41) is 4.77. The van der Waals surface area contributed by atoms with E-state index in [-0.39, 0.29) is 0 Å². The van der Waals surface area contributed by atoms with E-state index in [2.05, 4.69) is 36.0 Å². The Labute approximate surface area is 115 Å². The second kappa shape index (κ2) is 6.64. The molecule has 3 nitrogen and oxygen atoms in total. The molecule has 1 unspecified atom stereocenters. The lowest BCUT2D eigenvalue weighted by atomic mass is 10.2. The molecule has 1 aromatic heterocycles. The Bertz CT molecular complexity index is 369. The first kappa shape index (κ1) is 14.0. The average molecular weight is 267 g/mol. The highest BCUT2D eigenvalue weighted by atomic mass is 32.1. The zero-order valence-corrected chi connectivity index (χ0v) is 12.6. The van der Waals surface area contributed by atoms with Crippen molar-refractivity contribution in [2.24, 2.45) is 0 Å². The molecule has 18 heavy (non-hydrogen) atoms. The Balaban J connectivity index is 1.68. The highest BCUT2D eigenvalue weighted by Crippen LogP contribution is 2.22. The number of rotatable bonds is 6. The van der Waals surface area contributed by atoms with Crippen molar-refractivity contribution < 1.29 is 0 Å². The van der Waals surface area contributed by atoms with Gasteiger partial charge in [-0.1, -0.05) is 0 Å². The third-order valence-electron chi connectivity index (χ3n) is 3.65. The van der Waals surface area contributed by atoms with E-state index >= 15 is 0 Å². The van der Waals surface area contributed by atoms with Crippen molar-refractivity contribution in [2.45, 2.75) is 46.1 Å². The molecule has 2 rings (SSSR count). The van der Waals surface area contributed by atoms with Gasteiger partial charge in [-0.2, -0.15) is 0 Å². The third-order valence-corrected chi connectivity index (χ3v) is 4.55. The lowest BCUT2D eigenvalue weighted by Gasteiger charge is -2.16. The summed E-state index contributed by atoms with van der Waals surface area (Å²) in [6, 6.07) is 0.383. The van der Waals surface area contributed by atoms with Gasteiger partial charge in [0.1, 0.15) is 0 Å². The van der Waals surface area contributed by atoms with Gasteiger partial charge in [0, 0.05) is 10.9 Å². The molecule has 1 aliphatic rings. The summed E-state index contributed by atoms with van der Waals surface area (Å²) in [5.41, 5.74) is 1.23. The summed E-state index contributed by atoms with van der Waals surface area (Å²) in [6.07, 6.45) is 4.02. The highest BCUT2D eigenvalue weighted by Gasteiger charge is 2.13. The number of thiazole rings is 1. The number of likely N-dealkylation sites (tertiary alicyclic amines) is 1. The first-order valence-electron chi connectivity index (χ1n) is 7.06. The molecule has 2 heterocycles. The maximum Gasteiger partial charge on any atom is 0.0900 e. The van der Waals surface area contributed by atoms with Crippen LogP contribution in [0.5, 0.6) is 0 Å². The number of aromatic nitrogens is 1. The van der Waals surface area contributed by atoms with E-state index in [1.165, 1.54) is 54.5 Å². The molecule has 0 aromatic carbocycles. The van der Waals surface area contributed by atoms with E-state index in [1.54, 1.807) is 11.3 Å². The van der Waals surface area contributed by atoms with Gasteiger partial charge in [0.15, 0.2) is 0 Å². The Morgan fingerprint density at radius 3 is 2.67 bits per heavy atom. The van der Waals surface area contributed by atoms with E-state index in [1.807, 2.05) is 0 Å². The van der Waals surface area contributed by atoms with Crippen molar-refractivity contribution >= 4 is 11.3 Å². The van der Waals surface area contributed by atoms with Crippen LogP contribution in [0.15, 0.2) is 0 Å². The van der Waals surface area contributed by atoms with Gasteiger partial charge in [-0.15, -0.1) is 11.3 Å². The normalized spacial score (nSPS) is 18.4. The fraction of sp³-hybridized carbons (Fsp3) is 0.786. The van der Waals surface area contributed by atoms with E-state index < -0.39 is 0 Å². The number of hydrogen-bond donors (Lipinski definition) is 1. The quantitative estimate of drug-likeness (QED) is 0.803. The second-order valence-corrected chi connectivity index (χ2v) is 6.66. The van der Waals surface area contributed by atoms with Crippen LogP contribution in [0.1, 0.15) is 47.8 Å². The van der Waals surface area contributed by atoms with E-state index in [4.69, 9.17) is 0 Å². The largest absolute Gasteiger partial charge is 0.309 e. The molecule has 0 aliphatic carbocycles. The van der Waals surface area contributed by atoms with Gasteiger partial charge < -0.3 is 10.2 Å². The van der Waals surface area contributed by atoms with Gasteiger partial charge in [0.05, 0.1) is 10.7 Å². The Hall–Kier alpha value is -0.450. The van der Waals surface area contributed by atoms with Crippen LogP contribution in [0.2, 0.25) is 0 Å². The van der Waals surface area contributed by atoms with Crippen molar-refractivity contribution in [3.63, 3.8) is 0 Å². The van der Waals surface area contributed by atoms with Crippen LogP contribution in [0.4, 0.5) is 0 Å². The molecular formula is C14H25N3S. The van der Waals surface area contributed by atoms with Crippen LogP contribution in [0.3, 0.4) is 0 Å². The van der Waals surface area contributed by atoms with Gasteiger partial charge in [-0.05, 0) is 66.2 Å². The van der Waals surface area contributed by atoms with E-state index in [0.717, 1.165) is 6.54 Å². The molecule has 0 saturated carbocycles. The third kappa shape index (κ3) is 3.77. The van der Waals surface area contributed by atoms with E-state index in [0.29, 0.717) is 6.04 Å². The highest BCUT2D eigenvalue weighted by molar-refractivity contribution is 7.11. The number of aryl methyl sites for hydroxylation is 2. The molecule has 1 fully saturated rings. The minimum absolute atomic E-state index is 0.383. The Kier molecular flexibility index (Phi) is 5.15. The van der Waals surface area contributed by atoms with Gasteiger partial charge in [0.25, 0.3) is 0 Å². The molecule has 1 N–H and O–H groups in total. The van der Waals surface area contributed by atoms with Crippen LogP contribution in [-0.2, 0) is 0 Å². The number of nitrogens with one attached hydrogen (secondary N) is 1. The van der Waals surface area contributed by atoms with Crippen molar-refractivity contribution in [1.82, 2.24) is 15.2 Å². The molecular weight excluding hydrogens is 242 g/mol. The second-order valence-electron chi connectivity index (χ2n) is 5.25. The summed E-state index contributed by atoms with van der Waals surface area (Å²) in [7, 11) is 0. The van der Waals surface area contributed by atoms with Crippen molar-refractivity contribution in [3.05, 3.63) is 15.6 Å². The van der Waals surface area contributed by atoms with Gasteiger partial charge in [0.2, 0.25) is 0 Å². The van der Waals surface area contributed by atoms with Crippen LogP contribution in [-0.4, -0.2) is 36.1 Å². The summed E-state index contributed by atoms with van der Waals surface area (Å²) < 4.78 is 0. The molecule has 0 amide bonds. The zero-order chi connectivity index (χ0) is 13.0. The smallest absolute Gasteiger partial charge is 0.0900 e. The monoisotopic (exact) mass is 267 g/mol. The molecule has 102 valence electrons. The molecule has 4 heteroatoms. The maximum atomic E-state index is 4.61. The summed E-state index contributed by atoms with van der Waals surface area (Å²) in [4.78, 5) is 8.54. The zero-order valence-electron chi connectivity index (χ0n) is 11.8. The molecule has 0 spiro atoms. The predicted molar refractivity (Wildman–Crippen MR) is 78.3 cm³/mol. The SMILES string of the molecule is Cc1nc(C(C)NCCCN2CCCC2)c(C)s1. The standard InChI is InChI=1S/C14H25N3S/c1-11(14-12(2)18-13(3)16-14)15-7-6-10-17-8-4-5-9-17/h11,15H,4-10H2,1-3H3. The molecule has 1 atom stereocenters. The van der Waals surface area contributed by atoms with Gasteiger partial charge >= 0.3 is 0 Å². The lowest BCUT2D eigenvalue weighted by molar-refractivity contribution is 0.328. The maximum absolute atomic E-state index is 4.61. The minimum atomic E-state index is 0.383. The Morgan fingerprint density at radius 1 is 1.33 bits per heavy atom. The molecule has 1 aliphatic heterocycles. The van der Waals surface area contributed by atoms with Crippen LogP contribution in [0, 0.1) is 13.8 Å². The van der Waals surface area contributed by atoms with Gasteiger partial charge in [-0.3, -0.25) is 0 Å². The lowest BCUT2D eigenvalue weighted by Crippen LogP contribution is -2.26. The van der Waals surface area contributed by atoms with Crippen molar-refractivity contribution in [3.8, 4) is 0 Å². The average Bonchev–Trinajstić information content (AvgIpc) is 2.94. The van der Waals surface area contributed by atoms with Crippen LogP contribution in [0.25, 0.3) is 0 Å². The number of hydrogen-bond acceptors (Lipinski definition) is 4. The number of nitrogens with zero attached hydrogens (tertiary/aromatic N) is 2. The van der Waals surface area contributed by atoms with Crippen LogP contribution >= 0.6 is 11.3 Å². The van der Waals surface area contributed by atoms with Gasteiger partial charge in [-0.25, -0.2) is 4.98 Å². The summed E-state index contributed by atoms with van der Waals surface area (Å²) in [5.74, 6) is 0. The fourth-order valence-electron chi connectivity index (χ4n) is 2.67. The molecule has 0 bridgehead atoms. The summed E-state index contributed by atoms with van der Waals surface area (Å²) >= 11 is 1.80. The first-order valence-corrected chi connectivity index (χ1v) is 7.88. The summed E-state index contributed by atoms with van der Waals surface area (Å²) in [6.45, 7) is 11.4. The first-order chi connectivity index (χ1) is 8.66. The van der Waals surface area contributed by atoms with Crippen LogP contribution < -0.4 is 5.32 Å². The van der Waals surface area contributed by atoms with Crippen molar-refractivity contribution in [2.75, 3.05) is 26.2 Å². The Morgan fingerprint density at radius 2 is 2.06 bits per heavy atom. The topological polar surface area (TPSA) is 28.2 Å². The molecule has 1 aromatic rings.